The van der Waals surface area contributed by atoms with Gasteiger partial charge in [0.1, 0.15) is 18.4 Å². The van der Waals surface area contributed by atoms with Crippen molar-refractivity contribution in [3.8, 4) is 17.0 Å². The lowest BCUT2D eigenvalue weighted by Crippen LogP contribution is -2.42. The summed E-state index contributed by atoms with van der Waals surface area (Å²) in [5.74, 6) is 0.215. The molecule has 0 spiro atoms. The molecule has 3 fully saturated rings. The lowest BCUT2D eigenvalue weighted by atomic mass is 10.1. The van der Waals surface area contributed by atoms with Crippen LogP contribution in [0.5, 0.6) is 5.75 Å². The van der Waals surface area contributed by atoms with Gasteiger partial charge in [-0.25, -0.2) is 8.91 Å². The molecule has 0 unspecified atom stereocenters. The third kappa shape index (κ3) is 5.13. The number of ether oxygens (including phenoxy) is 2. The Bertz CT molecular complexity index is 1580. The van der Waals surface area contributed by atoms with Gasteiger partial charge in [-0.1, -0.05) is 0 Å². The molecule has 11 nitrogen and oxygen atoms in total. The third-order valence-corrected chi connectivity index (χ3v) is 8.23. The number of amides is 1. The summed E-state index contributed by atoms with van der Waals surface area (Å²) in [5, 5.41) is 11.6. The molecule has 2 aliphatic heterocycles. The largest absolute Gasteiger partial charge is 0.487 e. The van der Waals surface area contributed by atoms with Crippen LogP contribution in [0.3, 0.4) is 0 Å². The molecule has 0 radical (unpaired) electrons. The van der Waals surface area contributed by atoms with E-state index < -0.39 is 5.82 Å². The molecule has 3 aliphatic rings. The molecule has 3 atom stereocenters. The number of aromatic nitrogens is 5. The molecule has 7 rings (SSSR count). The Balaban J connectivity index is 1.04. The number of rotatable bonds is 8. The lowest BCUT2D eigenvalue weighted by molar-refractivity contribution is -0.117. The number of hydrogen-bond acceptors (Lipinski definition) is 8. The fourth-order valence-corrected chi connectivity index (χ4v) is 5.65. The first kappa shape index (κ1) is 25.9. The quantitative estimate of drug-likeness (QED) is 0.351. The van der Waals surface area contributed by atoms with Crippen LogP contribution in [0, 0.1) is 11.7 Å². The maximum Gasteiger partial charge on any atom is 0.229 e. The van der Waals surface area contributed by atoms with E-state index in [1.807, 2.05) is 19.3 Å². The zero-order valence-electron chi connectivity index (χ0n) is 23.2. The van der Waals surface area contributed by atoms with Crippen molar-refractivity contribution in [1.29, 1.82) is 0 Å². The Morgan fingerprint density at radius 3 is 2.83 bits per heavy atom. The second-order valence-corrected chi connectivity index (χ2v) is 11.2. The van der Waals surface area contributed by atoms with Crippen LogP contribution in [0.25, 0.3) is 16.8 Å². The number of carbonyl (C=O) groups excluding carboxylic acids is 1. The highest BCUT2D eigenvalue weighted by Crippen LogP contribution is 2.47. The monoisotopic (exact) mass is 560 g/mol. The zero-order chi connectivity index (χ0) is 28.1. The second kappa shape index (κ2) is 10.4. The van der Waals surface area contributed by atoms with E-state index in [4.69, 9.17) is 9.47 Å². The van der Waals surface area contributed by atoms with Crippen LogP contribution in [0.4, 0.5) is 15.9 Å². The molecule has 1 aliphatic carbocycles. The molecule has 1 N–H and O–H groups in total. The van der Waals surface area contributed by atoms with Gasteiger partial charge in [-0.3, -0.25) is 14.5 Å². The number of anilines is 2. The fraction of sp³-hybridized carbons (Fsp3) is 0.448. The van der Waals surface area contributed by atoms with E-state index in [1.54, 1.807) is 30.1 Å². The number of morpholine rings is 1. The number of nitrogens with one attached hydrogen (secondary N) is 1. The van der Waals surface area contributed by atoms with Crippen LogP contribution < -0.4 is 15.0 Å². The predicted octanol–water partition coefficient (Wildman–Crippen LogP) is 2.93. The van der Waals surface area contributed by atoms with E-state index in [9.17, 15) is 4.79 Å². The summed E-state index contributed by atoms with van der Waals surface area (Å²) in [6, 6.07) is 7.54. The molecule has 4 aromatic heterocycles. The predicted molar refractivity (Wildman–Crippen MR) is 151 cm³/mol. The van der Waals surface area contributed by atoms with Gasteiger partial charge < -0.3 is 24.6 Å². The summed E-state index contributed by atoms with van der Waals surface area (Å²) in [6.07, 6.45) is 6.70. The van der Waals surface area contributed by atoms with E-state index in [1.165, 1.54) is 17.1 Å². The molecular weight excluding hydrogens is 527 g/mol. The van der Waals surface area contributed by atoms with Crippen molar-refractivity contribution < 1.29 is 18.7 Å². The topological polar surface area (TPSA) is 102 Å². The summed E-state index contributed by atoms with van der Waals surface area (Å²) in [5.41, 5.74) is 3.56. The number of pyridine rings is 2. The minimum atomic E-state index is -0.476. The highest BCUT2D eigenvalue weighted by atomic mass is 19.1. The van der Waals surface area contributed by atoms with Crippen molar-refractivity contribution in [3.63, 3.8) is 0 Å². The first-order valence-electron chi connectivity index (χ1n) is 14.1. The highest BCUT2D eigenvalue weighted by Gasteiger charge is 2.45. The molecule has 4 aromatic rings. The van der Waals surface area contributed by atoms with Gasteiger partial charge in [-0.2, -0.15) is 5.10 Å². The number of halogens is 1. The molecular formula is C29H33FN8O3. The van der Waals surface area contributed by atoms with Gasteiger partial charge in [0.2, 0.25) is 5.91 Å². The van der Waals surface area contributed by atoms with Gasteiger partial charge in [0.15, 0.2) is 17.4 Å². The van der Waals surface area contributed by atoms with Crippen LogP contribution in [0.2, 0.25) is 0 Å². The van der Waals surface area contributed by atoms with Gasteiger partial charge in [-0.05, 0) is 38.1 Å². The molecule has 41 heavy (non-hydrogen) atoms. The van der Waals surface area contributed by atoms with E-state index >= 15 is 4.39 Å². The SMILES string of the molecule is CN1CCO[C@@H](COc2cnn(C)c2-c2cc3cc(NC(=O)[C@H]4C[C@H]4c4ccc(N5CCC5)cn4)nn3cc2F)C1. The Morgan fingerprint density at radius 1 is 1.20 bits per heavy atom. The van der Waals surface area contributed by atoms with Crippen molar-refractivity contribution in [2.24, 2.45) is 13.0 Å². The van der Waals surface area contributed by atoms with Gasteiger partial charge in [0.25, 0.3) is 0 Å². The molecule has 12 heteroatoms. The smallest absolute Gasteiger partial charge is 0.229 e. The van der Waals surface area contributed by atoms with Crippen molar-refractivity contribution in [1.82, 2.24) is 29.3 Å². The Labute approximate surface area is 236 Å². The van der Waals surface area contributed by atoms with Crippen LogP contribution in [-0.4, -0.2) is 87.7 Å². The molecule has 2 saturated heterocycles. The summed E-state index contributed by atoms with van der Waals surface area (Å²) in [6.45, 7) is 4.80. The molecule has 6 heterocycles. The second-order valence-electron chi connectivity index (χ2n) is 11.2. The number of fused-ring (bicyclic) bond motifs is 1. The average molecular weight is 561 g/mol. The van der Waals surface area contributed by atoms with Crippen molar-refractivity contribution in [3.05, 3.63) is 54.4 Å². The molecule has 214 valence electrons. The number of likely N-dealkylation sites (N-methyl/N-ethyl adjacent to an activating group) is 1. The first-order chi connectivity index (χ1) is 19.9. The summed E-state index contributed by atoms with van der Waals surface area (Å²) in [7, 11) is 3.79. The van der Waals surface area contributed by atoms with Crippen molar-refractivity contribution in [2.75, 3.05) is 56.7 Å². The van der Waals surface area contributed by atoms with Gasteiger partial charge in [-0.15, -0.1) is 5.10 Å². The molecule has 0 bridgehead atoms. The molecule has 1 amide bonds. The fourth-order valence-electron chi connectivity index (χ4n) is 5.65. The minimum absolute atomic E-state index is 0.0679. The molecule has 0 aromatic carbocycles. The lowest BCUT2D eigenvalue weighted by Gasteiger charge is -2.32. The zero-order valence-corrected chi connectivity index (χ0v) is 23.2. The van der Waals surface area contributed by atoms with Crippen LogP contribution in [0.1, 0.15) is 24.5 Å². The first-order valence-corrected chi connectivity index (χ1v) is 14.1. The van der Waals surface area contributed by atoms with Crippen LogP contribution in [0.15, 0.2) is 42.9 Å². The van der Waals surface area contributed by atoms with Crippen LogP contribution >= 0.6 is 0 Å². The third-order valence-electron chi connectivity index (χ3n) is 8.23. The minimum Gasteiger partial charge on any atom is -0.487 e. The van der Waals surface area contributed by atoms with Gasteiger partial charge in [0, 0.05) is 62.4 Å². The number of aryl methyl sites for hydroxylation is 1. The summed E-state index contributed by atoms with van der Waals surface area (Å²) < 4.78 is 30.2. The number of nitrogens with zero attached hydrogens (tertiary/aromatic N) is 7. The van der Waals surface area contributed by atoms with Crippen LogP contribution in [-0.2, 0) is 16.6 Å². The Kier molecular flexibility index (Phi) is 6.58. The van der Waals surface area contributed by atoms with Gasteiger partial charge in [0.05, 0.1) is 36.4 Å². The molecule has 1 saturated carbocycles. The highest BCUT2D eigenvalue weighted by molar-refractivity contribution is 5.95. The van der Waals surface area contributed by atoms with E-state index in [2.05, 4.69) is 36.4 Å². The van der Waals surface area contributed by atoms with Gasteiger partial charge >= 0.3 is 0 Å². The summed E-state index contributed by atoms with van der Waals surface area (Å²) >= 11 is 0. The normalized spacial score (nSPS) is 22.5. The average Bonchev–Trinajstić information content (AvgIpc) is 3.52. The Hall–Kier alpha value is -4.03. The number of carbonyl (C=O) groups is 1. The maximum atomic E-state index is 15.4. The standard InChI is InChI=1S/C29H33FN8O3/c1-35-8-9-40-20(15-35)17-41-26-14-32-36(2)28(26)23-10-19-11-27(34-38(19)16-24(23)30)33-29(39)22-12-21(22)25-5-4-18(13-31-25)37-6-3-7-37/h4-5,10-11,13-14,16,20-22H,3,6-9,12,15,17H2,1-2H3,(H,33,34,39)/t20-,21-,22+/m1/s1. The van der Waals surface area contributed by atoms with Crippen molar-refractivity contribution in [2.45, 2.75) is 24.9 Å². The summed E-state index contributed by atoms with van der Waals surface area (Å²) in [4.78, 5) is 22.1. The Morgan fingerprint density at radius 2 is 2.07 bits per heavy atom. The van der Waals surface area contributed by atoms with E-state index in [0.717, 1.165) is 44.0 Å². The van der Waals surface area contributed by atoms with E-state index in [-0.39, 0.29) is 23.8 Å². The van der Waals surface area contributed by atoms with Crippen molar-refractivity contribution >= 4 is 22.9 Å². The van der Waals surface area contributed by atoms with E-state index in [0.29, 0.717) is 41.6 Å². The number of hydrogen-bond donors (Lipinski definition) is 1. The maximum absolute atomic E-state index is 15.4.